The molecule has 0 unspecified atom stereocenters. The molecule has 0 aliphatic rings. The van der Waals surface area contributed by atoms with Crippen molar-refractivity contribution >= 4 is 33.6 Å². The van der Waals surface area contributed by atoms with Gasteiger partial charge in [0.25, 0.3) is 0 Å². The number of aromatic nitrogens is 3. The second kappa shape index (κ2) is 7.61. The molecule has 0 atom stereocenters. The lowest BCUT2D eigenvalue weighted by Gasteiger charge is -2.06. The van der Waals surface area contributed by atoms with E-state index in [9.17, 15) is 12.8 Å². The molecule has 0 saturated heterocycles. The normalized spacial score (nSPS) is 11.3. The van der Waals surface area contributed by atoms with E-state index in [-0.39, 0.29) is 27.3 Å². The van der Waals surface area contributed by atoms with E-state index in [1.807, 2.05) is 0 Å². The SMILES string of the molecule is CNCc1cc(-c2cccnc2F)c(S(=O)(=O)c2nccn2C)s1.Cl. The average molecular weight is 403 g/mol. The minimum atomic E-state index is -3.87. The van der Waals surface area contributed by atoms with Gasteiger partial charge in [-0.2, -0.15) is 4.39 Å². The van der Waals surface area contributed by atoms with Gasteiger partial charge < -0.3 is 9.88 Å². The molecule has 25 heavy (non-hydrogen) atoms. The summed E-state index contributed by atoms with van der Waals surface area (Å²) in [6.07, 6.45) is 4.30. The first-order valence-electron chi connectivity index (χ1n) is 7.05. The van der Waals surface area contributed by atoms with Crippen LogP contribution in [0.5, 0.6) is 0 Å². The van der Waals surface area contributed by atoms with Gasteiger partial charge in [-0.3, -0.25) is 0 Å². The Kier molecular flexibility index (Phi) is 5.94. The molecule has 3 aromatic rings. The lowest BCUT2D eigenvalue weighted by Crippen LogP contribution is -2.08. The van der Waals surface area contributed by atoms with E-state index in [1.54, 1.807) is 32.4 Å². The molecule has 0 radical (unpaired) electrons. The highest BCUT2D eigenvalue weighted by Crippen LogP contribution is 2.38. The van der Waals surface area contributed by atoms with Gasteiger partial charge in [0.15, 0.2) is 0 Å². The fraction of sp³-hybridized carbons (Fsp3) is 0.200. The number of aryl methyl sites for hydroxylation is 1. The van der Waals surface area contributed by atoms with Crippen LogP contribution in [-0.4, -0.2) is 30.0 Å². The Hall–Kier alpha value is -1.81. The van der Waals surface area contributed by atoms with Crippen molar-refractivity contribution in [1.29, 1.82) is 0 Å². The summed E-state index contributed by atoms with van der Waals surface area (Å²) in [6, 6.07) is 4.77. The zero-order valence-corrected chi connectivity index (χ0v) is 15.9. The molecule has 0 spiro atoms. The van der Waals surface area contributed by atoms with Crippen molar-refractivity contribution in [3.8, 4) is 11.1 Å². The molecule has 0 aromatic carbocycles. The van der Waals surface area contributed by atoms with Crippen LogP contribution in [0.2, 0.25) is 0 Å². The molecule has 3 rings (SSSR count). The fourth-order valence-corrected chi connectivity index (χ4v) is 5.51. The van der Waals surface area contributed by atoms with Crippen LogP contribution in [-0.2, 0) is 23.4 Å². The molecule has 134 valence electrons. The third-order valence-electron chi connectivity index (χ3n) is 3.41. The van der Waals surface area contributed by atoms with Gasteiger partial charge in [-0.25, -0.2) is 18.4 Å². The second-order valence-electron chi connectivity index (χ2n) is 5.11. The van der Waals surface area contributed by atoms with E-state index in [1.165, 1.54) is 23.0 Å². The molecule has 10 heteroatoms. The number of thiophene rings is 1. The van der Waals surface area contributed by atoms with Crippen LogP contribution in [0, 0.1) is 5.95 Å². The number of nitrogens with zero attached hydrogens (tertiary/aromatic N) is 3. The number of halogens is 2. The summed E-state index contributed by atoms with van der Waals surface area (Å²) in [7, 11) is -0.507. The van der Waals surface area contributed by atoms with Gasteiger partial charge >= 0.3 is 0 Å². The Balaban J connectivity index is 0.00000225. The molecule has 0 saturated carbocycles. The fourth-order valence-electron chi connectivity index (χ4n) is 2.35. The van der Waals surface area contributed by atoms with Gasteiger partial charge in [0, 0.05) is 48.2 Å². The molecule has 6 nitrogen and oxygen atoms in total. The molecule has 1 N–H and O–H groups in total. The molecule has 0 fully saturated rings. The molecule has 0 aliphatic heterocycles. The maximum atomic E-state index is 14.1. The third kappa shape index (κ3) is 3.59. The number of nitrogens with one attached hydrogen (secondary N) is 1. The maximum Gasteiger partial charge on any atom is 0.250 e. The van der Waals surface area contributed by atoms with Gasteiger partial charge in [-0.15, -0.1) is 23.7 Å². The van der Waals surface area contributed by atoms with E-state index in [0.29, 0.717) is 12.1 Å². The standard InChI is InChI=1S/C15H15FN4O2S2.ClH/c1-17-9-10-8-12(11-4-3-5-18-13(11)16)14(23-10)24(21,22)15-19-6-7-20(15)2;/h3-8,17H,9H2,1-2H3;1H. The van der Waals surface area contributed by atoms with Crippen molar-refractivity contribution < 1.29 is 12.8 Å². The first kappa shape index (κ1) is 19.5. The van der Waals surface area contributed by atoms with Crippen LogP contribution < -0.4 is 5.32 Å². The Morgan fingerprint density at radius 3 is 2.64 bits per heavy atom. The zero-order valence-electron chi connectivity index (χ0n) is 13.4. The van der Waals surface area contributed by atoms with Crippen LogP contribution in [0.3, 0.4) is 0 Å². The number of imidazole rings is 1. The second-order valence-corrected chi connectivity index (χ2v) is 8.29. The highest BCUT2D eigenvalue weighted by molar-refractivity contribution is 7.93. The highest BCUT2D eigenvalue weighted by atomic mass is 35.5. The Labute approximate surface area is 155 Å². The summed E-state index contributed by atoms with van der Waals surface area (Å²) in [5.74, 6) is -0.706. The zero-order chi connectivity index (χ0) is 17.3. The number of pyridine rings is 1. The molecular weight excluding hydrogens is 387 g/mol. The predicted molar refractivity (Wildman–Crippen MR) is 96.2 cm³/mol. The van der Waals surface area contributed by atoms with Gasteiger partial charge in [0.05, 0.1) is 0 Å². The highest BCUT2D eigenvalue weighted by Gasteiger charge is 2.29. The minimum absolute atomic E-state index is 0. The average Bonchev–Trinajstić information content (AvgIpc) is 3.15. The summed E-state index contributed by atoms with van der Waals surface area (Å²) in [5.41, 5.74) is 0.461. The number of rotatable bonds is 5. The van der Waals surface area contributed by atoms with E-state index in [0.717, 1.165) is 16.2 Å². The van der Waals surface area contributed by atoms with Crippen molar-refractivity contribution in [2.75, 3.05) is 7.05 Å². The Bertz CT molecular complexity index is 985. The van der Waals surface area contributed by atoms with Gasteiger partial charge in [0.1, 0.15) is 4.21 Å². The maximum absolute atomic E-state index is 14.1. The monoisotopic (exact) mass is 402 g/mol. The van der Waals surface area contributed by atoms with Crippen LogP contribution in [0.25, 0.3) is 11.1 Å². The first-order chi connectivity index (χ1) is 11.4. The quantitative estimate of drug-likeness (QED) is 0.664. The Morgan fingerprint density at radius 1 is 1.28 bits per heavy atom. The van der Waals surface area contributed by atoms with Crippen LogP contribution >= 0.6 is 23.7 Å². The lowest BCUT2D eigenvalue weighted by molar-refractivity contribution is 0.580. The van der Waals surface area contributed by atoms with Crippen molar-refractivity contribution in [3.05, 3.63) is 47.6 Å². The molecule has 0 aliphatic carbocycles. The Morgan fingerprint density at radius 2 is 2.04 bits per heavy atom. The largest absolute Gasteiger partial charge is 0.325 e. The molecule has 3 heterocycles. The van der Waals surface area contributed by atoms with Crippen molar-refractivity contribution in [3.63, 3.8) is 0 Å². The van der Waals surface area contributed by atoms with Crippen molar-refractivity contribution in [2.45, 2.75) is 15.9 Å². The number of hydrogen-bond acceptors (Lipinski definition) is 6. The summed E-state index contributed by atoms with van der Waals surface area (Å²) in [5, 5.41) is 2.90. The molecular formula is C15H16ClFN4O2S2. The predicted octanol–water partition coefficient (Wildman–Crippen LogP) is 2.66. The minimum Gasteiger partial charge on any atom is -0.325 e. The topological polar surface area (TPSA) is 76.9 Å². The summed E-state index contributed by atoms with van der Waals surface area (Å²) >= 11 is 1.10. The van der Waals surface area contributed by atoms with Gasteiger partial charge in [-0.1, -0.05) is 0 Å². The van der Waals surface area contributed by atoms with E-state index in [2.05, 4.69) is 15.3 Å². The molecule has 3 aromatic heterocycles. The van der Waals surface area contributed by atoms with Gasteiger partial charge in [0.2, 0.25) is 20.9 Å². The van der Waals surface area contributed by atoms with E-state index >= 15 is 0 Å². The molecule has 0 bridgehead atoms. The van der Waals surface area contributed by atoms with Crippen molar-refractivity contribution in [2.24, 2.45) is 7.05 Å². The third-order valence-corrected chi connectivity index (χ3v) is 6.83. The smallest absolute Gasteiger partial charge is 0.250 e. The van der Waals surface area contributed by atoms with Crippen LogP contribution in [0.1, 0.15) is 4.88 Å². The summed E-state index contributed by atoms with van der Waals surface area (Å²) < 4.78 is 41.6. The van der Waals surface area contributed by atoms with Crippen molar-refractivity contribution in [1.82, 2.24) is 19.9 Å². The van der Waals surface area contributed by atoms with Gasteiger partial charge in [-0.05, 0) is 25.2 Å². The summed E-state index contributed by atoms with van der Waals surface area (Å²) in [4.78, 5) is 8.33. The summed E-state index contributed by atoms with van der Waals surface area (Å²) in [6.45, 7) is 0.482. The lowest BCUT2D eigenvalue weighted by atomic mass is 10.1. The number of sulfone groups is 1. The first-order valence-corrected chi connectivity index (χ1v) is 9.35. The van der Waals surface area contributed by atoms with Crippen LogP contribution in [0.4, 0.5) is 4.39 Å². The van der Waals surface area contributed by atoms with Crippen LogP contribution in [0.15, 0.2) is 46.2 Å². The number of hydrogen-bond donors (Lipinski definition) is 1. The van der Waals surface area contributed by atoms with E-state index < -0.39 is 15.8 Å². The van der Waals surface area contributed by atoms with E-state index in [4.69, 9.17) is 0 Å². The molecule has 0 amide bonds.